The molecule has 0 unspecified atom stereocenters. The lowest BCUT2D eigenvalue weighted by molar-refractivity contribution is 0.0912. The molecule has 0 bridgehead atoms. The molecule has 2 heterocycles. The Balaban J connectivity index is 1.50. The number of amides is 1. The van der Waals surface area contributed by atoms with Gasteiger partial charge in [0.15, 0.2) is 5.84 Å². The molecule has 2 aromatic carbocycles. The minimum atomic E-state index is -3.68. The zero-order valence-corrected chi connectivity index (χ0v) is 17.3. The van der Waals surface area contributed by atoms with E-state index in [0.29, 0.717) is 16.8 Å². The van der Waals surface area contributed by atoms with E-state index in [1.807, 2.05) is 19.2 Å². The SMILES string of the molecule is CC(C)(NC(=O)c1ccc(NC2=NS(=O)(=O)c3ccccc32)cc1)c1nccs1. The summed E-state index contributed by atoms with van der Waals surface area (Å²) in [5.74, 6) is 0.0468. The zero-order chi connectivity index (χ0) is 20.6. The molecule has 1 aliphatic rings. The summed E-state index contributed by atoms with van der Waals surface area (Å²) in [6.45, 7) is 3.80. The van der Waals surface area contributed by atoms with Crippen molar-refractivity contribution >= 4 is 38.8 Å². The Morgan fingerprint density at radius 2 is 1.79 bits per heavy atom. The van der Waals surface area contributed by atoms with E-state index < -0.39 is 15.6 Å². The third-order valence-electron chi connectivity index (χ3n) is 4.43. The largest absolute Gasteiger partial charge is 0.341 e. The van der Waals surface area contributed by atoms with Gasteiger partial charge in [-0.05, 0) is 50.2 Å². The van der Waals surface area contributed by atoms with Gasteiger partial charge in [0.1, 0.15) is 9.90 Å². The number of carbonyl (C=O) groups excluding carboxylic acids is 1. The third kappa shape index (κ3) is 3.79. The van der Waals surface area contributed by atoms with Crippen LogP contribution in [0.1, 0.15) is 34.8 Å². The summed E-state index contributed by atoms with van der Waals surface area (Å²) in [6.07, 6.45) is 1.71. The molecule has 1 aromatic heterocycles. The van der Waals surface area contributed by atoms with Gasteiger partial charge in [-0.2, -0.15) is 8.42 Å². The predicted molar refractivity (Wildman–Crippen MR) is 113 cm³/mol. The highest BCUT2D eigenvalue weighted by Crippen LogP contribution is 2.27. The fourth-order valence-electron chi connectivity index (χ4n) is 2.98. The fraction of sp³-hybridized carbons (Fsp3) is 0.150. The smallest absolute Gasteiger partial charge is 0.285 e. The topological polar surface area (TPSA) is 101 Å². The maximum Gasteiger partial charge on any atom is 0.285 e. The van der Waals surface area contributed by atoms with Crippen molar-refractivity contribution in [3.8, 4) is 0 Å². The van der Waals surface area contributed by atoms with Crippen LogP contribution < -0.4 is 10.6 Å². The Bertz CT molecular complexity index is 1200. The summed E-state index contributed by atoms with van der Waals surface area (Å²) in [7, 11) is -3.68. The second kappa shape index (κ2) is 7.09. The highest BCUT2D eigenvalue weighted by molar-refractivity contribution is 7.90. The minimum Gasteiger partial charge on any atom is -0.341 e. The minimum absolute atomic E-state index is 0.183. The number of rotatable bonds is 4. The van der Waals surface area contributed by atoms with Crippen molar-refractivity contribution in [3.63, 3.8) is 0 Å². The third-order valence-corrected chi connectivity index (χ3v) is 6.87. The molecule has 1 aliphatic heterocycles. The molecule has 2 N–H and O–H groups in total. The van der Waals surface area contributed by atoms with Crippen LogP contribution in [0.5, 0.6) is 0 Å². The fourth-order valence-corrected chi connectivity index (χ4v) is 4.87. The molecule has 7 nitrogen and oxygen atoms in total. The molecule has 0 radical (unpaired) electrons. The molecule has 0 fully saturated rings. The van der Waals surface area contributed by atoms with Gasteiger partial charge >= 0.3 is 0 Å². The molecule has 4 rings (SSSR count). The summed E-state index contributed by atoms with van der Waals surface area (Å²) in [5, 5.41) is 8.69. The molecule has 0 saturated heterocycles. The summed E-state index contributed by atoms with van der Waals surface area (Å²) >= 11 is 1.48. The lowest BCUT2D eigenvalue weighted by atomic mass is 10.1. The number of nitrogens with zero attached hydrogens (tertiary/aromatic N) is 2. The van der Waals surface area contributed by atoms with Crippen LogP contribution in [0, 0.1) is 0 Å². The molecule has 0 atom stereocenters. The van der Waals surface area contributed by atoms with Crippen molar-refractivity contribution < 1.29 is 13.2 Å². The van der Waals surface area contributed by atoms with Crippen molar-refractivity contribution in [3.05, 3.63) is 76.2 Å². The predicted octanol–water partition coefficient (Wildman–Crippen LogP) is 3.37. The average molecular weight is 427 g/mol. The van der Waals surface area contributed by atoms with E-state index in [4.69, 9.17) is 0 Å². The highest BCUT2D eigenvalue weighted by atomic mass is 32.2. The molecular weight excluding hydrogens is 408 g/mol. The van der Waals surface area contributed by atoms with Crippen LogP contribution in [-0.4, -0.2) is 25.1 Å². The normalized spacial score (nSPS) is 14.8. The van der Waals surface area contributed by atoms with E-state index >= 15 is 0 Å². The first kappa shape index (κ1) is 19.3. The number of anilines is 1. The lowest BCUT2D eigenvalue weighted by Gasteiger charge is -2.23. The zero-order valence-electron chi connectivity index (χ0n) is 15.7. The van der Waals surface area contributed by atoms with Gasteiger partial charge in [0.05, 0.1) is 5.54 Å². The van der Waals surface area contributed by atoms with E-state index in [9.17, 15) is 13.2 Å². The molecule has 1 amide bonds. The van der Waals surface area contributed by atoms with E-state index in [2.05, 4.69) is 20.0 Å². The summed E-state index contributed by atoms with van der Waals surface area (Å²) in [5.41, 5.74) is 1.06. The van der Waals surface area contributed by atoms with Gasteiger partial charge in [-0.15, -0.1) is 15.7 Å². The van der Waals surface area contributed by atoms with Crippen molar-refractivity contribution in [2.45, 2.75) is 24.3 Å². The van der Waals surface area contributed by atoms with Gasteiger partial charge in [0.2, 0.25) is 0 Å². The molecule has 0 aliphatic carbocycles. The van der Waals surface area contributed by atoms with Gasteiger partial charge in [-0.25, -0.2) is 4.98 Å². The van der Waals surface area contributed by atoms with E-state index in [1.165, 1.54) is 17.4 Å². The lowest BCUT2D eigenvalue weighted by Crippen LogP contribution is -2.40. The molecular formula is C20H18N4O3S2. The van der Waals surface area contributed by atoms with Crippen LogP contribution in [0.4, 0.5) is 5.69 Å². The number of amidine groups is 1. The number of benzene rings is 2. The number of thiazole rings is 1. The maximum absolute atomic E-state index is 12.6. The van der Waals surface area contributed by atoms with E-state index in [0.717, 1.165) is 5.01 Å². The van der Waals surface area contributed by atoms with E-state index in [-0.39, 0.29) is 16.6 Å². The first-order chi connectivity index (χ1) is 13.8. The van der Waals surface area contributed by atoms with Crippen LogP contribution in [0.15, 0.2) is 69.4 Å². The number of carbonyl (C=O) groups is 1. The van der Waals surface area contributed by atoms with Crippen LogP contribution in [0.2, 0.25) is 0 Å². The number of fused-ring (bicyclic) bond motifs is 1. The van der Waals surface area contributed by atoms with Crippen LogP contribution >= 0.6 is 11.3 Å². The average Bonchev–Trinajstić information content (AvgIpc) is 3.30. The second-order valence-electron chi connectivity index (χ2n) is 7.03. The molecule has 0 saturated carbocycles. The standard InChI is InChI=1S/C20H18N4O3S2/c1-20(2,19-21-11-12-28-19)23-18(25)13-7-9-14(10-8-13)22-17-15-5-3-4-6-16(15)29(26,27)24-17/h3-12H,1-2H3,(H,22,24)(H,23,25). The van der Waals surface area contributed by atoms with Gasteiger partial charge in [0, 0.05) is 28.4 Å². The number of hydrogen-bond acceptors (Lipinski definition) is 6. The number of sulfonamides is 1. The number of aromatic nitrogens is 1. The van der Waals surface area contributed by atoms with Crippen molar-refractivity contribution in [1.82, 2.24) is 10.3 Å². The molecule has 0 spiro atoms. The maximum atomic E-state index is 12.6. The van der Waals surface area contributed by atoms with Gasteiger partial charge in [-0.1, -0.05) is 12.1 Å². The van der Waals surface area contributed by atoms with Crippen LogP contribution in [0.3, 0.4) is 0 Å². The molecule has 148 valence electrons. The quantitative estimate of drug-likeness (QED) is 0.666. The second-order valence-corrected chi connectivity index (χ2v) is 9.50. The van der Waals surface area contributed by atoms with Gasteiger partial charge in [-0.3, -0.25) is 4.79 Å². The van der Waals surface area contributed by atoms with Gasteiger partial charge in [0.25, 0.3) is 15.9 Å². The molecule has 9 heteroatoms. The summed E-state index contributed by atoms with van der Waals surface area (Å²) in [6, 6.07) is 13.4. The van der Waals surface area contributed by atoms with Gasteiger partial charge < -0.3 is 10.6 Å². The molecule has 29 heavy (non-hydrogen) atoms. The first-order valence-electron chi connectivity index (χ1n) is 8.80. The van der Waals surface area contributed by atoms with Crippen molar-refractivity contribution in [2.75, 3.05) is 5.32 Å². The Morgan fingerprint density at radius 1 is 1.07 bits per heavy atom. The summed E-state index contributed by atoms with van der Waals surface area (Å²) in [4.78, 5) is 17.1. The Morgan fingerprint density at radius 3 is 2.48 bits per heavy atom. The summed E-state index contributed by atoms with van der Waals surface area (Å²) < 4.78 is 28.1. The monoisotopic (exact) mass is 426 g/mol. The number of nitrogens with one attached hydrogen (secondary N) is 2. The Hall–Kier alpha value is -3.04. The Kier molecular flexibility index (Phi) is 4.71. The van der Waals surface area contributed by atoms with E-state index in [1.54, 1.807) is 48.7 Å². The Labute approximate surface area is 172 Å². The van der Waals surface area contributed by atoms with Crippen LogP contribution in [-0.2, 0) is 15.6 Å². The highest BCUT2D eigenvalue weighted by Gasteiger charge is 2.29. The first-order valence-corrected chi connectivity index (χ1v) is 11.1. The van der Waals surface area contributed by atoms with Crippen molar-refractivity contribution in [2.24, 2.45) is 4.40 Å². The molecule has 3 aromatic rings. The number of hydrogen-bond donors (Lipinski definition) is 2. The van der Waals surface area contributed by atoms with Crippen molar-refractivity contribution in [1.29, 1.82) is 0 Å². The van der Waals surface area contributed by atoms with Crippen LogP contribution in [0.25, 0.3) is 0 Å².